The van der Waals surface area contributed by atoms with Gasteiger partial charge in [0.1, 0.15) is 5.21 Å². The van der Waals surface area contributed by atoms with Crippen molar-refractivity contribution in [1.82, 2.24) is 4.31 Å². The van der Waals surface area contributed by atoms with E-state index in [0.717, 1.165) is 12.8 Å². The Bertz CT molecular complexity index is 259. The molecule has 0 aromatic heterocycles. The highest BCUT2D eigenvalue weighted by atomic mass is 35.5. The molecule has 1 rings (SSSR count). The zero-order valence-corrected chi connectivity index (χ0v) is 9.61. The van der Waals surface area contributed by atoms with Crippen LogP contribution in [0.1, 0.15) is 26.7 Å². The van der Waals surface area contributed by atoms with Crippen LogP contribution in [0, 0.1) is 5.92 Å². The molecule has 1 aliphatic rings. The number of nitrogens with zero attached hydrogens (tertiary/aromatic N) is 1. The lowest BCUT2D eigenvalue weighted by atomic mass is 10.2. The van der Waals surface area contributed by atoms with Crippen molar-refractivity contribution in [2.45, 2.75) is 32.7 Å². The van der Waals surface area contributed by atoms with Crippen LogP contribution in [0.15, 0.2) is 0 Å². The first kappa shape index (κ1) is 11.3. The Balaban J connectivity index is 2.67. The molecule has 0 aliphatic heterocycles. The van der Waals surface area contributed by atoms with Crippen molar-refractivity contribution in [2.24, 2.45) is 5.92 Å². The van der Waals surface area contributed by atoms with Crippen LogP contribution in [0.2, 0.25) is 0 Å². The van der Waals surface area contributed by atoms with Crippen LogP contribution in [0.4, 0.5) is 0 Å². The van der Waals surface area contributed by atoms with Crippen LogP contribution >= 0.6 is 11.6 Å². The van der Waals surface area contributed by atoms with Crippen molar-refractivity contribution < 1.29 is 8.42 Å². The second-order valence-electron chi connectivity index (χ2n) is 3.92. The summed E-state index contributed by atoms with van der Waals surface area (Å²) in [5.41, 5.74) is 0. The summed E-state index contributed by atoms with van der Waals surface area (Å²) in [6.07, 6.45) is 1.98. The molecule has 0 aromatic carbocycles. The average Bonchev–Trinajstić information content (AvgIpc) is 2.82. The fourth-order valence-corrected chi connectivity index (χ4v) is 2.97. The maximum atomic E-state index is 11.5. The van der Waals surface area contributed by atoms with Crippen molar-refractivity contribution >= 4 is 21.6 Å². The van der Waals surface area contributed by atoms with Gasteiger partial charge in [0.2, 0.25) is 10.0 Å². The second-order valence-corrected chi connectivity index (χ2v) is 6.42. The smallest absolute Gasteiger partial charge is 0.211 e. The lowest BCUT2D eigenvalue weighted by molar-refractivity contribution is 0.362. The van der Waals surface area contributed by atoms with Gasteiger partial charge in [-0.05, 0) is 18.8 Å². The molecule has 0 unspecified atom stereocenters. The Labute approximate surface area is 85.1 Å². The molecule has 0 spiro atoms. The van der Waals surface area contributed by atoms with E-state index in [9.17, 15) is 8.42 Å². The quantitative estimate of drug-likeness (QED) is 0.667. The molecule has 0 saturated heterocycles. The van der Waals surface area contributed by atoms with Crippen LogP contribution in [-0.4, -0.2) is 30.5 Å². The predicted octanol–water partition coefficient (Wildman–Crippen LogP) is 1.63. The Morgan fingerprint density at radius 2 is 2.00 bits per heavy atom. The number of hydrogen-bond donors (Lipinski definition) is 0. The standard InChI is InChI=1S/C8H16ClNO2S/c1-7(2)5-10(8-3-4-8)13(11,12)6-9/h7-8H,3-6H2,1-2H3. The van der Waals surface area contributed by atoms with Gasteiger partial charge in [0, 0.05) is 12.6 Å². The minimum absolute atomic E-state index is 0.228. The maximum absolute atomic E-state index is 11.5. The Kier molecular flexibility index (Phi) is 3.60. The van der Waals surface area contributed by atoms with Gasteiger partial charge in [-0.15, -0.1) is 11.6 Å². The highest BCUT2D eigenvalue weighted by Gasteiger charge is 2.36. The van der Waals surface area contributed by atoms with Crippen LogP contribution < -0.4 is 0 Å². The SMILES string of the molecule is CC(C)CN(C1CC1)S(=O)(=O)CCl. The molecule has 0 aromatic rings. The van der Waals surface area contributed by atoms with Crippen molar-refractivity contribution in [3.8, 4) is 0 Å². The summed E-state index contributed by atoms with van der Waals surface area (Å²) in [5, 5.41) is -0.295. The van der Waals surface area contributed by atoms with E-state index >= 15 is 0 Å². The molecule has 5 heteroatoms. The minimum atomic E-state index is -3.19. The summed E-state index contributed by atoms with van der Waals surface area (Å²) in [7, 11) is -3.19. The first-order valence-electron chi connectivity index (χ1n) is 4.53. The summed E-state index contributed by atoms with van der Waals surface area (Å²) in [6, 6.07) is 0.228. The number of rotatable bonds is 5. The number of alkyl halides is 1. The van der Waals surface area contributed by atoms with Gasteiger partial charge in [0.05, 0.1) is 0 Å². The lowest BCUT2D eigenvalue weighted by Crippen LogP contribution is -2.36. The molecule has 0 bridgehead atoms. The monoisotopic (exact) mass is 225 g/mol. The van der Waals surface area contributed by atoms with Gasteiger partial charge in [-0.1, -0.05) is 13.8 Å². The van der Waals surface area contributed by atoms with E-state index in [1.807, 2.05) is 13.8 Å². The molecule has 0 amide bonds. The second kappa shape index (κ2) is 4.15. The van der Waals surface area contributed by atoms with Crippen molar-refractivity contribution in [3.63, 3.8) is 0 Å². The van der Waals surface area contributed by atoms with E-state index in [-0.39, 0.29) is 11.3 Å². The fraction of sp³-hybridized carbons (Fsp3) is 1.00. The molecule has 0 N–H and O–H groups in total. The maximum Gasteiger partial charge on any atom is 0.228 e. The van der Waals surface area contributed by atoms with Gasteiger partial charge in [0.15, 0.2) is 0 Å². The van der Waals surface area contributed by atoms with Gasteiger partial charge < -0.3 is 0 Å². The highest BCUT2D eigenvalue weighted by Crippen LogP contribution is 2.30. The van der Waals surface area contributed by atoms with Gasteiger partial charge >= 0.3 is 0 Å². The topological polar surface area (TPSA) is 37.4 Å². The van der Waals surface area contributed by atoms with Gasteiger partial charge in [-0.25, -0.2) is 8.42 Å². The Morgan fingerprint density at radius 1 is 1.46 bits per heavy atom. The summed E-state index contributed by atoms with van der Waals surface area (Å²) in [6.45, 7) is 4.62. The Hall–Kier alpha value is 0.200. The molecule has 1 fully saturated rings. The normalized spacial score (nSPS) is 18.5. The van der Waals surface area contributed by atoms with Crippen LogP contribution in [-0.2, 0) is 10.0 Å². The van der Waals surface area contributed by atoms with E-state index in [1.54, 1.807) is 4.31 Å². The van der Waals surface area contributed by atoms with Gasteiger partial charge in [-0.2, -0.15) is 4.31 Å². The fourth-order valence-electron chi connectivity index (χ4n) is 1.27. The minimum Gasteiger partial charge on any atom is -0.211 e. The molecule has 78 valence electrons. The van der Waals surface area contributed by atoms with Crippen LogP contribution in [0.5, 0.6) is 0 Å². The van der Waals surface area contributed by atoms with Gasteiger partial charge in [0.25, 0.3) is 0 Å². The number of sulfonamides is 1. The van der Waals surface area contributed by atoms with E-state index in [4.69, 9.17) is 11.6 Å². The third-order valence-electron chi connectivity index (χ3n) is 1.99. The molecule has 13 heavy (non-hydrogen) atoms. The van der Waals surface area contributed by atoms with E-state index in [1.165, 1.54) is 0 Å². The number of halogens is 1. The van der Waals surface area contributed by atoms with Crippen LogP contribution in [0.3, 0.4) is 0 Å². The molecule has 1 aliphatic carbocycles. The van der Waals surface area contributed by atoms with E-state index in [2.05, 4.69) is 0 Å². The molecular formula is C8H16ClNO2S. The molecule has 0 heterocycles. The van der Waals surface area contributed by atoms with Crippen molar-refractivity contribution in [2.75, 3.05) is 11.8 Å². The first-order chi connectivity index (χ1) is 5.97. The predicted molar refractivity (Wildman–Crippen MR) is 54.2 cm³/mol. The molecule has 3 nitrogen and oxygen atoms in total. The third kappa shape index (κ3) is 3.11. The average molecular weight is 226 g/mol. The molecule has 1 saturated carbocycles. The Morgan fingerprint density at radius 3 is 2.31 bits per heavy atom. The highest BCUT2D eigenvalue weighted by molar-refractivity contribution is 7.90. The van der Waals surface area contributed by atoms with Crippen molar-refractivity contribution in [3.05, 3.63) is 0 Å². The lowest BCUT2D eigenvalue weighted by Gasteiger charge is -2.22. The molecular weight excluding hydrogens is 210 g/mol. The zero-order chi connectivity index (χ0) is 10.1. The van der Waals surface area contributed by atoms with Gasteiger partial charge in [-0.3, -0.25) is 0 Å². The largest absolute Gasteiger partial charge is 0.228 e. The van der Waals surface area contributed by atoms with Crippen LogP contribution in [0.25, 0.3) is 0 Å². The summed E-state index contributed by atoms with van der Waals surface area (Å²) >= 11 is 5.41. The summed E-state index contributed by atoms with van der Waals surface area (Å²) in [4.78, 5) is 0. The molecule has 0 radical (unpaired) electrons. The zero-order valence-electron chi connectivity index (χ0n) is 8.03. The summed E-state index contributed by atoms with van der Waals surface area (Å²) < 4.78 is 24.6. The van der Waals surface area contributed by atoms with E-state index < -0.39 is 10.0 Å². The summed E-state index contributed by atoms with van der Waals surface area (Å²) in [5.74, 6) is 0.360. The third-order valence-corrected chi connectivity index (χ3v) is 4.26. The first-order valence-corrected chi connectivity index (χ1v) is 6.67. The number of hydrogen-bond acceptors (Lipinski definition) is 2. The van der Waals surface area contributed by atoms with E-state index in [0.29, 0.717) is 12.5 Å². The molecule has 0 atom stereocenters. The van der Waals surface area contributed by atoms with Crippen molar-refractivity contribution in [1.29, 1.82) is 0 Å².